The lowest BCUT2D eigenvalue weighted by Gasteiger charge is -2.51. The lowest BCUT2D eigenvalue weighted by atomic mass is 9.70. The van der Waals surface area contributed by atoms with Crippen LogP contribution in [-0.4, -0.2) is 30.1 Å². The fourth-order valence-electron chi connectivity index (χ4n) is 3.21. The highest BCUT2D eigenvalue weighted by Gasteiger charge is 2.41. The van der Waals surface area contributed by atoms with Gasteiger partial charge in [0.15, 0.2) is 0 Å². The molecule has 0 amide bonds. The molecule has 4 unspecified atom stereocenters. The van der Waals surface area contributed by atoms with Gasteiger partial charge in [-0.1, -0.05) is 27.7 Å². The van der Waals surface area contributed by atoms with E-state index >= 15 is 0 Å². The van der Waals surface area contributed by atoms with Crippen LogP contribution in [0.5, 0.6) is 0 Å². The second-order valence-electron chi connectivity index (χ2n) is 6.72. The Kier molecular flexibility index (Phi) is 5.03. The molecule has 2 N–H and O–H groups in total. The predicted octanol–water partition coefficient (Wildman–Crippen LogP) is 3.12. The van der Waals surface area contributed by atoms with Crippen LogP contribution in [0.15, 0.2) is 0 Å². The first-order chi connectivity index (χ1) is 7.84. The van der Waals surface area contributed by atoms with Crippen molar-refractivity contribution in [3.8, 4) is 0 Å². The standard InChI is InChI=1S/C15H32N2/c1-11(2)14(5)17(6)15(10-16)8-7-12(3)13(4)9-15/h11-14H,7-10,16H2,1-6H3. The molecule has 1 rings (SSSR count). The Balaban J connectivity index is 2.81. The maximum atomic E-state index is 6.14. The lowest BCUT2D eigenvalue weighted by Crippen LogP contribution is -2.59. The lowest BCUT2D eigenvalue weighted by molar-refractivity contribution is 0.00307. The van der Waals surface area contributed by atoms with E-state index in [1.54, 1.807) is 0 Å². The summed E-state index contributed by atoms with van der Waals surface area (Å²) in [4.78, 5) is 2.57. The highest BCUT2D eigenvalue weighted by molar-refractivity contribution is 4.98. The van der Waals surface area contributed by atoms with Crippen LogP contribution in [0.4, 0.5) is 0 Å². The molecule has 2 nitrogen and oxygen atoms in total. The summed E-state index contributed by atoms with van der Waals surface area (Å²) in [5.74, 6) is 2.35. The van der Waals surface area contributed by atoms with Crippen molar-refractivity contribution in [2.75, 3.05) is 13.6 Å². The summed E-state index contributed by atoms with van der Waals surface area (Å²) in [5, 5.41) is 0. The van der Waals surface area contributed by atoms with Gasteiger partial charge in [-0.25, -0.2) is 0 Å². The molecule has 0 spiro atoms. The Labute approximate surface area is 108 Å². The zero-order valence-corrected chi connectivity index (χ0v) is 12.7. The van der Waals surface area contributed by atoms with Crippen LogP contribution in [0.2, 0.25) is 0 Å². The largest absolute Gasteiger partial charge is 0.329 e. The number of nitrogens with two attached hydrogens (primary N) is 1. The summed E-state index contributed by atoms with van der Waals surface area (Å²) in [6, 6.07) is 0.610. The van der Waals surface area contributed by atoms with E-state index < -0.39 is 0 Å². The molecule has 0 aromatic rings. The zero-order valence-electron chi connectivity index (χ0n) is 12.7. The molecule has 17 heavy (non-hydrogen) atoms. The fraction of sp³-hybridized carbons (Fsp3) is 1.00. The van der Waals surface area contributed by atoms with Crippen molar-refractivity contribution in [1.82, 2.24) is 4.90 Å². The van der Waals surface area contributed by atoms with Crippen molar-refractivity contribution < 1.29 is 0 Å². The molecule has 4 atom stereocenters. The smallest absolute Gasteiger partial charge is 0.0334 e. The molecule has 0 heterocycles. The van der Waals surface area contributed by atoms with E-state index in [4.69, 9.17) is 5.73 Å². The number of nitrogens with zero attached hydrogens (tertiary/aromatic N) is 1. The molecule has 1 fully saturated rings. The van der Waals surface area contributed by atoms with E-state index in [-0.39, 0.29) is 5.54 Å². The van der Waals surface area contributed by atoms with Crippen LogP contribution in [-0.2, 0) is 0 Å². The number of hydrogen-bond donors (Lipinski definition) is 1. The van der Waals surface area contributed by atoms with Crippen molar-refractivity contribution in [3.63, 3.8) is 0 Å². The van der Waals surface area contributed by atoms with Crippen molar-refractivity contribution in [2.24, 2.45) is 23.5 Å². The first kappa shape index (κ1) is 15.0. The van der Waals surface area contributed by atoms with Crippen LogP contribution >= 0.6 is 0 Å². The Hall–Kier alpha value is -0.0800. The molecule has 1 saturated carbocycles. The summed E-state index contributed by atoms with van der Waals surface area (Å²) in [5.41, 5.74) is 6.39. The third kappa shape index (κ3) is 3.03. The Bertz CT molecular complexity index is 239. The number of likely N-dealkylation sites (N-methyl/N-ethyl adjacent to an activating group) is 1. The minimum atomic E-state index is 0.246. The topological polar surface area (TPSA) is 29.3 Å². The molecule has 2 heteroatoms. The molecule has 0 bridgehead atoms. The summed E-state index contributed by atoms with van der Waals surface area (Å²) >= 11 is 0. The number of hydrogen-bond acceptors (Lipinski definition) is 2. The van der Waals surface area contributed by atoms with Gasteiger partial charge in [0.2, 0.25) is 0 Å². The highest BCUT2D eigenvalue weighted by atomic mass is 15.2. The average Bonchev–Trinajstić information content (AvgIpc) is 2.31. The minimum Gasteiger partial charge on any atom is -0.329 e. The first-order valence-electron chi connectivity index (χ1n) is 7.27. The predicted molar refractivity (Wildman–Crippen MR) is 76.0 cm³/mol. The molecule has 0 saturated heterocycles. The summed E-state index contributed by atoms with van der Waals surface area (Å²) in [6.07, 6.45) is 3.86. The monoisotopic (exact) mass is 240 g/mol. The Morgan fingerprint density at radius 1 is 1.24 bits per heavy atom. The van der Waals surface area contributed by atoms with E-state index in [1.807, 2.05) is 0 Å². The quantitative estimate of drug-likeness (QED) is 0.818. The van der Waals surface area contributed by atoms with Gasteiger partial charge in [0, 0.05) is 18.1 Å². The van der Waals surface area contributed by atoms with Crippen molar-refractivity contribution >= 4 is 0 Å². The van der Waals surface area contributed by atoms with Gasteiger partial charge in [-0.3, -0.25) is 4.90 Å². The maximum Gasteiger partial charge on any atom is 0.0334 e. The first-order valence-corrected chi connectivity index (χ1v) is 7.27. The third-order valence-electron chi connectivity index (χ3n) is 5.44. The fourth-order valence-corrected chi connectivity index (χ4v) is 3.21. The SMILES string of the molecule is CC(C)C(C)N(C)C1(CN)CCC(C)C(C)C1. The molecular formula is C15H32N2. The molecule has 0 aliphatic heterocycles. The van der Waals surface area contributed by atoms with Gasteiger partial charge in [0.05, 0.1) is 0 Å². The highest BCUT2D eigenvalue weighted by Crippen LogP contribution is 2.40. The van der Waals surface area contributed by atoms with Gasteiger partial charge >= 0.3 is 0 Å². The third-order valence-corrected chi connectivity index (χ3v) is 5.44. The second-order valence-corrected chi connectivity index (χ2v) is 6.72. The van der Waals surface area contributed by atoms with Gasteiger partial charge in [0.1, 0.15) is 0 Å². The molecule has 1 aliphatic carbocycles. The van der Waals surface area contributed by atoms with E-state index in [2.05, 4.69) is 46.6 Å². The van der Waals surface area contributed by atoms with Crippen molar-refractivity contribution in [1.29, 1.82) is 0 Å². The van der Waals surface area contributed by atoms with Gasteiger partial charge in [-0.2, -0.15) is 0 Å². The molecule has 0 radical (unpaired) electrons. The van der Waals surface area contributed by atoms with E-state index in [0.29, 0.717) is 12.0 Å². The molecule has 0 aromatic heterocycles. The Morgan fingerprint density at radius 2 is 1.82 bits per heavy atom. The van der Waals surface area contributed by atoms with Crippen LogP contribution < -0.4 is 5.73 Å². The molecule has 102 valence electrons. The zero-order chi connectivity index (χ0) is 13.2. The van der Waals surface area contributed by atoms with Gasteiger partial charge < -0.3 is 5.73 Å². The molecule has 1 aliphatic rings. The van der Waals surface area contributed by atoms with Crippen molar-refractivity contribution in [2.45, 2.75) is 65.5 Å². The van der Waals surface area contributed by atoms with E-state index in [0.717, 1.165) is 18.4 Å². The van der Waals surface area contributed by atoms with Crippen LogP contribution in [0.1, 0.15) is 53.9 Å². The molecular weight excluding hydrogens is 208 g/mol. The second kappa shape index (κ2) is 5.71. The van der Waals surface area contributed by atoms with Gasteiger partial charge in [0.25, 0.3) is 0 Å². The summed E-state index contributed by atoms with van der Waals surface area (Å²) in [7, 11) is 2.28. The molecule has 0 aromatic carbocycles. The van der Waals surface area contributed by atoms with Crippen LogP contribution in [0.25, 0.3) is 0 Å². The van der Waals surface area contributed by atoms with Crippen LogP contribution in [0, 0.1) is 17.8 Å². The summed E-state index contributed by atoms with van der Waals surface area (Å²) in [6.45, 7) is 12.5. The van der Waals surface area contributed by atoms with Crippen molar-refractivity contribution in [3.05, 3.63) is 0 Å². The van der Waals surface area contributed by atoms with Crippen LogP contribution in [0.3, 0.4) is 0 Å². The van der Waals surface area contributed by atoms with E-state index in [1.165, 1.54) is 19.3 Å². The normalized spacial score (nSPS) is 36.5. The maximum absolute atomic E-state index is 6.14. The minimum absolute atomic E-state index is 0.246. The number of rotatable bonds is 4. The average molecular weight is 240 g/mol. The van der Waals surface area contributed by atoms with Gasteiger partial charge in [-0.15, -0.1) is 0 Å². The Morgan fingerprint density at radius 3 is 2.24 bits per heavy atom. The summed E-state index contributed by atoms with van der Waals surface area (Å²) < 4.78 is 0. The van der Waals surface area contributed by atoms with E-state index in [9.17, 15) is 0 Å². The van der Waals surface area contributed by atoms with Gasteiger partial charge in [-0.05, 0) is 51.0 Å².